The average molecular weight is 226 g/mol. The highest BCUT2D eigenvalue weighted by molar-refractivity contribution is 5.83. The zero-order valence-electron chi connectivity index (χ0n) is 9.73. The molecule has 90 valence electrons. The summed E-state index contributed by atoms with van der Waals surface area (Å²) in [5.41, 5.74) is 0. The minimum atomic E-state index is -0.0317. The Morgan fingerprint density at radius 1 is 1.44 bits per heavy atom. The first-order valence-corrected chi connectivity index (χ1v) is 5.79. The Balaban J connectivity index is 1.68. The van der Waals surface area contributed by atoms with E-state index in [1.807, 2.05) is 6.92 Å². The number of carbonyl (C=O) groups excluding carboxylic acids is 2. The lowest BCUT2D eigenvalue weighted by Crippen LogP contribution is -2.61. The van der Waals surface area contributed by atoms with Crippen molar-refractivity contribution in [2.45, 2.75) is 32.4 Å². The van der Waals surface area contributed by atoms with Crippen LogP contribution in [0.5, 0.6) is 0 Å². The summed E-state index contributed by atoms with van der Waals surface area (Å²) in [5, 5.41) is 2.80. The van der Waals surface area contributed by atoms with Gasteiger partial charge in [0.25, 0.3) is 0 Å². The number of rotatable bonds is 4. The Morgan fingerprint density at radius 2 is 2.12 bits per heavy atom. The van der Waals surface area contributed by atoms with Gasteiger partial charge < -0.3 is 15.0 Å². The molecule has 1 heterocycles. The predicted molar refractivity (Wildman–Crippen MR) is 57.7 cm³/mol. The molecule has 1 aliphatic carbocycles. The molecule has 2 atom stereocenters. The second-order valence-electron chi connectivity index (χ2n) is 4.48. The number of nitrogens with zero attached hydrogens (tertiary/aromatic N) is 1. The van der Waals surface area contributed by atoms with Crippen LogP contribution in [-0.2, 0) is 14.3 Å². The van der Waals surface area contributed by atoms with Gasteiger partial charge in [0.15, 0.2) is 0 Å². The van der Waals surface area contributed by atoms with E-state index in [0.29, 0.717) is 19.7 Å². The van der Waals surface area contributed by atoms with Crippen LogP contribution in [0.1, 0.15) is 20.3 Å². The van der Waals surface area contributed by atoms with Gasteiger partial charge in [0.1, 0.15) is 0 Å². The van der Waals surface area contributed by atoms with Crippen molar-refractivity contribution in [3.8, 4) is 0 Å². The van der Waals surface area contributed by atoms with Crippen molar-refractivity contribution in [2.75, 3.05) is 19.7 Å². The topological polar surface area (TPSA) is 58.6 Å². The number of carbonyl (C=O) groups is 2. The van der Waals surface area contributed by atoms with Gasteiger partial charge in [0.2, 0.25) is 11.8 Å². The van der Waals surface area contributed by atoms with E-state index in [1.54, 1.807) is 4.90 Å². The van der Waals surface area contributed by atoms with Crippen molar-refractivity contribution in [1.82, 2.24) is 10.2 Å². The van der Waals surface area contributed by atoms with Crippen LogP contribution in [-0.4, -0.2) is 48.6 Å². The molecule has 0 aromatic rings. The number of likely N-dealkylation sites (tertiary alicyclic amines) is 1. The van der Waals surface area contributed by atoms with Crippen LogP contribution in [0.2, 0.25) is 0 Å². The quantitative estimate of drug-likeness (QED) is 0.719. The molecule has 1 N–H and O–H groups in total. The fraction of sp³-hybridized carbons (Fsp3) is 0.818. The van der Waals surface area contributed by atoms with Crippen LogP contribution in [0, 0.1) is 5.92 Å². The second kappa shape index (κ2) is 4.41. The van der Waals surface area contributed by atoms with E-state index in [0.717, 1.165) is 6.42 Å². The van der Waals surface area contributed by atoms with Crippen molar-refractivity contribution in [3.63, 3.8) is 0 Å². The summed E-state index contributed by atoms with van der Waals surface area (Å²) in [7, 11) is 0. The molecule has 5 nitrogen and oxygen atoms in total. The zero-order chi connectivity index (χ0) is 11.7. The Morgan fingerprint density at radius 3 is 2.69 bits per heavy atom. The van der Waals surface area contributed by atoms with Crippen LogP contribution in [0.15, 0.2) is 0 Å². The highest BCUT2D eigenvalue weighted by Crippen LogP contribution is 2.36. The van der Waals surface area contributed by atoms with Gasteiger partial charge in [-0.2, -0.15) is 0 Å². The molecular formula is C11H18N2O3. The lowest BCUT2D eigenvalue weighted by molar-refractivity contribution is -0.140. The summed E-state index contributed by atoms with van der Waals surface area (Å²) in [5.74, 6) is 0.217. The molecule has 0 aromatic carbocycles. The first-order valence-electron chi connectivity index (χ1n) is 5.79. The summed E-state index contributed by atoms with van der Waals surface area (Å²) >= 11 is 0. The van der Waals surface area contributed by atoms with Crippen molar-refractivity contribution in [2.24, 2.45) is 5.92 Å². The molecule has 5 heteroatoms. The molecule has 2 fully saturated rings. The molecule has 2 unspecified atom stereocenters. The fourth-order valence-electron chi connectivity index (χ4n) is 2.10. The maximum atomic E-state index is 11.8. The van der Waals surface area contributed by atoms with Crippen molar-refractivity contribution in [3.05, 3.63) is 0 Å². The van der Waals surface area contributed by atoms with Crippen molar-refractivity contribution < 1.29 is 14.3 Å². The van der Waals surface area contributed by atoms with E-state index >= 15 is 0 Å². The molecule has 0 radical (unpaired) electrons. The van der Waals surface area contributed by atoms with Crippen LogP contribution >= 0.6 is 0 Å². The molecule has 2 rings (SSSR count). The van der Waals surface area contributed by atoms with Crippen molar-refractivity contribution >= 4 is 11.8 Å². The van der Waals surface area contributed by atoms with Gasteiger partial charge in [-0.15, -0.1) is 0 Å². The molecular weight excluding hydrogens is 208 g/mol. The Labute approximate surface area is 95.1 Å². The van der Waals surface area contributed by atoms with Gasteiger partial charge in [0.05, 0.1) is 18.1 Å². The molecule has 1 saturated heterocycles. The Bertz CT molecular complexity index is 300. The summed E-state index contributed by atoms with van der Waals surface area (Å²) in [6.07, 6.45) is 0.992. The normalized spacial score (nSPS) is 28.5. The minimum absolute atomic E-state index is 0.0317. The predicted octanol–water partition coefficient (Wildman–Crippen LogP) is -0.242. The first-order chi connectivity index (χ1) is 7.61. The molecule has 16 heavy (non-hydrogen) atoms. The van der Waals surface area contributed by atoms with Crippen LogP contribution in [0.4, 0.5) is 0 Å². The molecule has 1 aliphatic heterocycles. The molecule has 0 spiro atoms. The lowest BCUT2D eigenvalue weighted by atomic mass is 10.1. The van der Waals surface area contributed by atoms with E-state index < -0.39 is 0 Å². The molecule has 0 bridgehead atoms. The van der Waals surface area contributed by atoms with Gasteiger partial charge in [0, 0.05) is 26.6 Å². The van der Waals surface area contributed by atoms with Gasteiger partial charge in [-0.1, -0.05) is 0 Å². The zero-order valence-corrected chi connectivity index (χ0v) is 9.73. The van der Waals surface area contributed by atoms with Crippen molar-refractivity contribution in [1.29, 1.82) is 0 Å². The minimum Gasteiger partial charge on any atom is -0.378 e. The molecule has 1 saturated carbocycles. The summed E-state index contributed by atoms with van der Waals surface area (Å²) in [4.78, 5) is 24.4. The lowest BCUT2D eigenvalue weighted by Gasteiger charge is -2.39. The van der Waals surface area contributed by atoms with Gasteiger partial charge in [-0.05, 0) is 13.3 Å². The average Bonchev–Trinajstić information content (AvgIpc) is 2.89. The van der Waals surface area contributed by atoms with Gasteiger partial charge >= 0.3 is 0 Å². The number of ether oxygens (including phenoxy) is 1. The SMILES string of the molecule is CCOC1CC1C(=O)N1CC(NC(C)=O)C1. The first kappa shape index (κ1) is 11.4. The van der Waals surface area contributed by atoms with Gasteiger partial charge in [-0.25, -0.2) is 0 Å². The molecule has 2 aliphatic rings. The van der Waals surface area contributed by atoms with Crippen LogP contribution in [0.3, 0.4) is 0 Å². The standard InChI is InChI=1S/C11H18N2O3/c1-3-16-10-4-9(10)11(15)13-5-8(6-13)12-7(2)14/h8-10H,3-6H2,1-2H3,(H,12,14). The van der Waals surface area contributed by atoms with E-state index in [9.17, 15) is 9.59 Å². The number of hydrogen-bond acceptors (Lipinski definition) is 3. The monoisotopic (exact) mass is 226 g/mol. The second-order valence-corrected chi connectivity index (χ2v) is 4.48. The number of nitrogens with one attached hydrogen (secondary N) is 1. The van der Waals surface area contributed by atoms with E-state index in [-0.39, 0.29) is 29.9 Å². The van der Waals surface area contributed by atoms with Crippen LogP contribution in [0.25, 0.3) is 0 Å². The summed E-state index contributed by atoms with van der Waals surface area (Å²) in [6.45, 7) is 5.40. The van der Waals surface area contributed by atoms with E-state index in [4.69, 9.17) is 4.74 Å². The fourth-order valence-corrected chi connectivity index (χ4v) is 2.10. The summed E-state index contributed by atoms with van der Waals surface area (Å²) in [6, 6.07) is 0.144. The highest BCUT2D eigenvalue weighted by Gasteiger charge is 2.48. The maximum Gasteiger partial charge on any atom is 0.228 e. The maximum absolute atomic E-state index is 11.8. The van der Waals surface area contributed by atoms with E-state index in [2.05, 4.69) is 5.32 Å². The smallest absolute Gasteiger partial charge is 0.228 e. The summed E-state index contributed by atoms with van der Waals surface area (Å²) < 4.78 is 5.38. The number of amides is 2. The van der Waals surface area contributed by atoms with E-state index in [1.165, 1.54) is 6.92 Å². The highest BCUT2D eigenvalue weighted by atomic mass is 16.5. The van der Waals surface area contributed by atoms with Crippen LogP contribution < -0.4 is 5.32 Å². The third-order valence-corrected chi connectivity index (χ3v) is 3.03. The number of hydrogen-bond donors (Lipinski definition) is 1. The molecule has 0 aromatic heterocycles. The van der Waals surface area contributed by atoms with Gasteiger partial charge in [-0.3, -0.25) is 9.59 Å². The third kappa shape index (κ3) is 2.35. The Hall–Kier alpha value is -1.10. The Kier molecular flexibility index (Phi) is 3.14. The molecule has 2 amide bonds. The third-order valence-electron chi connectivity index (χ3n) is 3.03. The largest absolute Gasteiger partial charge is 0.378 e.